The summed E-state index contributed by atoms with van der Waals surface area (Å²) in [7, 11) is 0. The number of fused-ring (bicyclic) bond motifs is 1. The van der Waals surface area contributed by atoms with Crippen molar-refractivity contribution in [3.8, 4) is 0 Å². The monoisotopic (exact) mass is 378 g/mol. The second-order valence-electron chi connectivity index (χ2n) is 7.84. The van der Waals surface area contributed by atoms with E-state index in [-0.39, 0.29) is 5.91 Å². The Bertz CT molecular complexity index is 784. The fraction of sp³-hybridized carbons (Fsp3) is 0.458. The van der Waals surface area contributed by atoms with Gasteiger partial charge in [-0.05, 0) is 55.0 Å². The van der Waals surface area contributed by atoms with E-state index < -0.39 is 0 Å². The first-order valence-corrected chi connectivity index (χ1v) is 10.6. The number of benzene rings is 2. The van der Waals surface area contributed by atoms with Crippen LogP contribution in [0.4, 0.5) is 5.69 Å². The quantitative estimate of drug-likeness (QED) is 0.687. The minimum atomic E-state index is 0.237. The lowest BCUT2D eigenvalue weighted by molar-refractivity contribution is -0.119. The molecule has 2 aromatic rings. The predicted octanol–water partition coefficient (Wildman–Crippen LogP) is 3.82. The Morgan fingerprint density at radius 3 is 2.54 bits per heavy atom. The van der Waals surface area contributed by atoms with Crippen LogP contribution in [0.3, 0.4) is 0 Å². The zero-order chi connectivity index (χ0) is 19.2. The predicted molar refractivity (Wildman–Crippen MR) is 113 cm³/mol. The number of amides is 1. The third-order valence-electron chi connectivity index (χ3n) is 5.83. The van der Waals surface area contributed by atoms with Crippen LogP contribution in [-0.2, 0) is 28.9 Å². The number of hydrogen-bond acceptors (Lipinski definition) is 3. The third kappa shape index (κ3) is 4.81. The van der Waals surface area contributed by atoms with Crippen LogP contribution in [0.2, 0.25) is 0 Å². The van der Waals surface area contributed by atoms with Crippen LogP contribution in [0, 0.1) is 0 Å². The Kier molecular flexibility index (Phi) is 6.40. The lowest BCUT2D eigenvalue weighted by atomic mass is 9.96. The summed E-state index contributed by atoms with van der Waals surface area (Å²) in [6.45, 7) is 5.69. The smallest absolute Gasteiger partial charge is 0.227 e. The van der Waals surface area contributed by atoms with E-state index in [9.17, 15) is 4.79 Å². The summed E-state index contributed by atoms with van der Waals surface area (Å²) in [6.07, 6.45) is 4.94. The average Bonchev–Trinajstić information content (AvgIpc) is 2.75. The van der Waals surface area contributed by atoms with Gasteiger partial charge < -0.3 is 9.64 Å². The molecule has 0 aliphatic carbocycles. The molecule has 4 rings (SSSR count). The van der Waals surface area contributed by atoms with Gasteiger partial charge in [0.2, 0.25) is 5.91 Å². The molecule has 0 aromatic heterocycles. The Labute approximate surface area is 168 Å². The van der Waals surface area contributed by atoms with Crippen molar-refractivity contribution in [2.45, 2.75) is 38.6 Å². The van der Waals surface area contributed by atoms with Crippen molar-refractivity contribution >= 4 is 11.6 Å². The molecule has 0 radical (unpaired) electrons. The van der Waals surface area contributed by atoms with Gasteiger partial charge in [0, 0.05) is 25.2 Å². The minimum absolute atomic E-state index is 0.237. The van der Waals surface area contributed by atoms with Gasteiger partial charge in [-0.3, -0.25) is 9.69 Å². The normalized spacial score (nSPS) is 17.6. The summed E-state index contributed by atoms with van der Waals surface area (Å²) < 4.78 is 5.42. The number of morpholine rings is 1. The summed E-state index contributed by atoms with van der Waals surface area (Å²) >= 11 is 0. The van der Waals surface area contributed by atoms with E-state index in [1.807, 2.05) is 23.1 Å². The molecule has 1 amide bonds. The van der Waals surface area contributed by atoms with Gasteiger partial charge in [-0.15, -0.1) is 0 Å². The minimum Gasteiger partial charge on any atom is -0.379 e. The van der Waals surface area contributed by atoms with Crippen molar-refractivity contribution in [3.63, 3.8) is 0 Å². The Morgan fingerprint density at radius 1 is 0.893 bits per heavy atom. The molecule has 0 saturated carbocycles. The number of anilines is 1. The van der Waals surface area contributed by atoms with Crippen molar-refractivity contribution in [2.75, 3.05) is 37.7 Å². The van der Waals surface area contributed by atoms with Gasteiger partial charge in [0.25, 0.3) is 0 Å². The zero-order valence-electron chi connectivity index (χ0n) is 16.6. The molecule has 2 aliphatic heterocycles. The molecule has 1 fully saturated rings. The van der Waals surface area contributed by atoms with Gasteiger partial charge in [-0.1, -0.05) is 42.5 Å². The van der Waals surface area contributed by atoms with E-state index in [4.69, 9.17) is 4.74 Å². The summed E-state index contributed by atoms with van der Waals surface area (Å²) in [5.41, 5.74) is 4.94. The number of nitrogens with zero attached hydrogens (tertiary/aromatic N) is 2. The van der Waals surface area contributed by atoms with Crippen LogP contribution in [0.1, 0.15) is 36.0 Å². The molecule has 2 aliphatic rings. The standard InChI is InChI=1S/C24H30N2O2/c27-24-12-11-22-10-9-20(6-4-5-13-25-14-16-28-17-15-25)18-23(22)26(24)19-21-7-2-1-3-8-21/h1-3,7-10,18H,4-6,11-17,19H2. The molecule has 148 valence electrons. The van der Waals surface area contributed by atoms with Gasteiger partial charge >= 0.3 is 0 Å². The SMILES string of the molecule is O=C1CCc2ccc(CCCCN3CCOCC3)cc2N1Cc1ccccc1. The summed E-state index contributed by atoms with van der Waals surface area (Å²) in [5.74, 6) is 0.237. The second kappa shape index (κ2) is 9.35. The van der Waals surface area contributed by atoms with Crippen LogP contribution in [0.5, 0.6) is 0 Å². The molecule has 4 heteroatoms. The lowest BCUT2D eigenvalue weighted by Gasteiger charge is -2.30. The first kappa shape index (κ1) is 19.2. The van der Waals surface area contributed by atoms with Crippen molar-refractivity contribution in [2.24, 2.45) is 0 Å². The maximum absolute atomic E-state index is 12.6. The fourth-order valence-electron chi connectivity index (χ4n) is 4.17. The Balaban J connectivity index is 1.38. The Morgan fingerprint density at radius 2 is 1.71 bits per heavy atom. The van der Waals surface area contributed by atoms with E-state index in [0.717, 1.165) is 51.4 Å². The summed E-state index contributed by atoms with van der Waals surface area (Å²) in [4.78, 5) is 17.1. The van der Waals surface area contributed by atoms with Crippen molar-refractivity contribution in [1.82, 2.24) is 4.90 Å². The van der Waals surface area contributed by atoms with Gasteiger partial charge in [0.1, 0.15) is 0 Å². The number of rotatable bonds is 7. The average molecular weight is 379 g/mol. The lowest BCUT2D eigenvalue weighted by Crippen LogP contribution is -2.36. The molecule has 0 N–H and O–H groups in total. The van der Waals surface area contributed by atoms with Crippen LogP contribution in [-0.4, -0.2) is 43.7 Å². The first-order valence-electron chi connectivity index (χ1n) is 10.6. The van der Waals surface area contributed by atoms with Gasteiger partial charge in [0.05, 0.1) is 19.8 Å². The first-order chi connectivity index (χ1) is 13.8. The maximum Gasteiger partial charge on any atom is 0.227 e. The number of carbonyl (C=O) groups excluding carboxylic acids is 1. The highest BCUT2D eigenvalue weighted by Crippen LogP contribution is 2.30. The van der Waals surface area contributed by atoms with E-state index >= 15 is 0 Å². The largest absolute Gasteiger partial charge is 0.379 e. The third-order valence-corrected chi connectivity index (χ3v) is 5.83. The zero-order valence-corrected chi connectivity index (χ0v) is 16.6. The number of carbonyl (C=O) groups is 1. The van der Waals surface area contributed by atoms with E-state index in [1.54, 1.807) is 0 Å². The van der Waals surface area contributed by atoms with E-state index in [0.29, 0.717) is 13.0 Å². The molecule has 2 heterocycles. The van der Waals surface area contributed by atoms with Crippen LogP contribution in [0.15, 0.2) is 48.5 Å². The molecule has 1 saturated heterocycles. The van der Waals surface area contributed by atoms with Crippen molar-refractivity contribution in [3.05, 3.63) is 65.2 Å². The fourth-order valence-corrected chi connectivity index (χ4v) is 4.17. The number of unbranched alkanes of at least 4 members (excludes halogenated alkanes) is 1. The van der Waals surface area contributed by atoms with E-state index in [1.165, 1.54) is 29.5 Å². The van der Waals surface area contributed by atoms with Gasteiger partial charge in [-0.25, -0.2) is 0 Å². The van der Waals surface area contributed by atoms with Crippen LogP contribution < -0.4 is 4.90 Å². The number of hydrogen-bond donors (Lipinski definition) is 0. The molecule has 0 atom stereocenters. The molecular weight excluding hydrogens is 348 g/mol. The summed E-state index contributed by atoms with van der Waals surface area (Å²) in [6, 6.07) is 17.0. The Hall–Kier alpha value is -2.17. The van der Waals surface area contributed by atoms with Crippen LogP contribution >= 0.6 is 0 Å². The van der Waals surface area contributed by atoms with Crippen molar-refractivity contribution < 1.29 is 9.53 Å². The molecule has 2 aromatic carbocycles. The number of aryl methyl sites for hydroxylation is 2. The molecular formula is C24H30N2O2. The molecule has 4 nitrogen and oxygen atoms in total. The highest BCUT2D eigenvalue weighted by Gasteiger charge is 2.24. The second-order valence-corrected chi connectivity index (χ2v) is 7.84. The number of ether oxygens (including phenoxy) is 1. The molecule has 0 bridgehead atoms. The molecule has 0 unspecified atom stereocenters. The van der Waals surface area contributed by atoms with Gasteiger partial charge in [0.15, 0.2) is 0 Å². The van der Waals surface area contributed by atoms with Gasteiger partial charge in [-0.2, -0.15) is 0 Å². The molecule has 28 heavy (non-hydrogen) atoms. The highest BCUT2D eigenvalue weighted by molar-refractivity contribution is 5.96. The van der Waals surface area contributed by atoms with Crippen molar-refractivity contribution in [1.29, 1.82) is 0 Å². The maximum atomic E-state index is 12.6. The highest BCUT2D eigenvalue weighted by atomic mass is 16.5. The summed E-state index contributed by atoms with van der Waals surface area (Å²) in [5, 5.41) is 0. The topological polar surface area (TPSA) is 32.8 Å². The van der Waals surface area contributed by atoms with Crippen LogP contribution in [0.25, 0.3) is 0 Å². The van der Waals surface area contributed by atoms with E-state index in [2.05, 4.69) is 35.2 Å². The molecule has 0 spiro atoms.